The molecule has 0 aliphatic carbocycles. The van der Waals surface area contributed by atoms with E-state index in [0.717, 1.165) is 11.0 Å². The second-order valence-corrected chi connectivity index (χ2v) is 7.82. The molecule has 2 aromatic rings. The summed E-state index contributed by atoms with van der Waals surface area (Å²) >= 11 is 1.33. The van der Waals surface area contributed by atoms with Crippen molar-refractivity contribution in [3.63, 3.8) is 0 Å². The van der Waals surface area contributed by atoms with Crippen molar-refractivity contribution in [2.45, 2.75) is 11.8 Å². The third-order valence-electron chi connectivity index (χ3n) is 3.63. The number of benzene rings is 1. The summed E-state index contributed by atoms with van der Waals surface area (Å²) in [7, 11) is -3.57. The number of piperazine rings is 1. The Balaban J connectivity index is 1.74. The molecule has 1 saturated heterocycles. The number of nitrogens with zero attached hydrogens (tertiary/aromatic N) is 5. The van der Waals surface area contributed by atoms with Gasteiger partial charge < -0.3 is 4.90 Å². The summed E-state index contributed by atoms with van der Waals surface area (Å²) in [6.45, 7) is 3.76. The highest BCUT2D eigenvalue weighted by Gasteiger charge is 2.29. The molecule has 1 aromatic carbocycles. The molecule has 3 rings (SSSR count). The van der Waals surface area contributed by atoms with Gasteiger partial charge >= 0.3 is 0 Å². The molecule has 0 saturated carbocycles. The molecule has 1 fully saturated rings. The van der Waals surface area contributed by atoms with Crippen LogP contribution in [0.25, 0.3) is 0 Å². The molecule has 2 heterocycles. The van der Waals surface area contributed by atoms with Gasteiger partial charge in [0.15, 0.2) is 0 Å². The summed E-state index contributed by atoms with van der Waals surface area (Å²) in [5.41, 5.74) is 0.342. The zero-order chi connectivity index (χ0) is 16.4. The molecule has 7 nitrogen and oxygen atoms in total. The van der Waals surface area contributed by atoms with Crippen LogP contribution in [-0.4, -0.2) is 48.3 Å². The minimum atomic E-state index is -3.57. The van der Waals surface area contributed by atoms with Crippen molar-refractivity contribution in [3.8, 4) is 6.07 Å². The highest BCUT2D eigenvalue weighted by atomic mass is 32.2. The van der Waals surface area contributed by atoms with E-state index in [2.05, 4.69) is 9.36 Å². The topological polar surface area (TPSA) is 90.2 Å². The zero-order valence-corrected chi connectivity index (χ0v) is 14.1. The maximum Gasteiger partial charge on any atom is 0.243 e. The monoisotopic (exact) mass is 349 g/mol. The largest absolute Gasteiger partial charge is 0.344 e. The molecule has 0 N–H and O–H groups in total. The minimum Gasteiger partial charge on any atom is -0.344 e. The smallest absolute Gasteiger partial charge is 0.243 e. The Labute approximate surface area is 139 Å². The summed E-state index contributed by atoms with van der Waals surface area (Å²) in [5.74, 6) is 0.730. The van der Waals surface area contributed by atoms with E-state index in [1.54, 1.807) is 12.1 Å². The summed E-state index contributed by atoms with van der Waals surface area (Å²) in [4.78, 5) is 6.54. The van der Waals surface area contributed by atoms with Gasteiger partial charge in [0.1, 0.15) is 5.82 Å². The third kappa shape index (κ3) is 3.19. The fraction of sp³-hybridized carbons (Fsp3) is 0.357. The SMILES string of the molecule is Cc1nsc(N2CCN(S(=O)(=O)c3cccc(C#N)c3)CC2)n1. The Kier molecular flexibility index (Phi) is 4.30. The van der Waals surface area contributed by atoms with Gasteiger partial charge in [-0.1, -0.05) is 6.07 Å². The summed E-state index contributed by atoms with van der Waals surface area (Å²) in [6.07, 6.45) is 0. The van der Waals surface area contributed by atoms with E-state index in [1.807, 2.05) is 17.9 Å². The van der Waals surface area contributed by atoms with Crippen LogP contribution in [0.3, 0.4) is 0 Å². The van der Waals surface area contributed by atoms with E-state index >= 15 is 0 Å². The summed E-state index contributed by atoms with van der Waals surface area (Å²) < 4.78 is 31.0. The summed E-state index contributed by atoms with van der Waals surface area (Å²) in [5, 5.41) is 9.75. The van der Waals surface area contributed by atoms with Gasteiger partial charge in [-0.2, -0.15) is 13.9 Å². The standard InChI is InChI=1S/C14H15N5O2S2/c1-11-16-14(22-17-11)18-5-7-19(8-6-18)23(20,21)13-4-2-3-12(9-13)10-15/h2-4,9H,5-8H2,1H3. The van der Waals surface area contributed by atoms with Crippen LogP contribution in [0.15, 0.2) is 29.2 Å². The predicted octanol–water partition coefficient (Wildman–Crippen LogP) is 1.23. The molecular weight excluding hydrogens is 334 g/mol. The molecule has 1 aliphatic rings. The first kappa shape index (κ1) is 15.9. The first-order valence-corrected chi connectivity index (χ1v) is 9.27. The molecule has 23 heavy (non-hydrogen) atoms. The van der Waals surface area contributed by atoms with Crippen LogP contribution in [0.1, 0.15) is 11.4 Å². The second kappa shape index (κ2) is 6.23. The molecule has 120 valence electrons. The average molecular weight is 349 g/mol. The van der Waals surface area contributed by atoms with Crippen LogP contribution in [0, 0.1) is 18.3 Å². The molecule has 0 radical (unpaired) electrons. The fourth-order valence-electron chi connectivity index (χ4n) is 2.41. The number of hydrogen-bond donors (Lipinski definition) is 0. The van der Waals surface area contributed by atoms with Crippen LogP contribution < -0.4 is 4.90 Å². The van der Waals surface area contributed by atoms with Gasteiger partial charge in [-0.3, -0.25) is 0 Å². The number of aryl methyl sites for hydroxylation is 1. The van der Waals surface area contributed by atoms with Crippen LogP contribution in [0.2, 0.25) is 0 Å². The third-order valence-corrected chi connectivity index (χ3v) is 6.39. The van der Waals surface area contributed by atoms with Gasteiger partial charge in [0.2, 0.25) is 15.2 Å². The van der Waals surface area contributed by atoms with E-state index in [0.29, 0.717) is 31.7 Å². The van der Waals surface area contributed by atoms with Gasteiger partial charge in [0.05, 0.1) is 16.5 Å². The van der Waals surface area contributed by atoms with Crippen LogP contribution in [0.5, 0.6) is 0 Å². The minimum absolute atomic E-state index is 0.164. The molecule has 1 aliphatic heterocycles. The molecule has 0 unspecified atom stereocenters. The normalized spacial score (nSPS) is 16.3. The Morgan fingerprint density at radius 3 is 2.61 bits per heavy atom. The Morgan fingerprint density at radius 1 is 1.26 bits per heavy atom. The molecule has 1 aromatic heterocycles. The van der Waals surface area contributed by atoms with E-state index in [1.165, 1.54) is 28.0 Å². The molecule has 9 heteroatoms. The van der Waals surface area contributed by atoms with E-state index in [-0.39, 0.29) is 4.90 Å². The number of sulfonamides is 1. The fourth-order valence-corrected chi connectivity index (χ4v) is 4.60. The number of rotatable bonds is 3. The van der Waals surface area contributed by atoms with Crippen molar-refractivity contribution < 1.29 is 8.42 Å². The Bertz CT molecular complexity index is 848. The number of anilines is 1. The van der Waals surface area contributed by atoms with Crippen molar-refractivity contribution in [1.29, 1.82) is 5.26 Å². The highest BCUT2D eigenvalue weighted by Crippen LogP contribution is 2.22. The Hall–Kier alpha value is -2.02. The van der Waals surface area contributed by atoms with Crippen molar-refractivity contribution in [2.75, 3.05) is 31.1 Å². The van der Waals surface area contributed by atoms with Crippen molar-refractivity contribution >= 4 is 26.7 Å². The second-order valence-electron chi connectivity index (χ2n) is 5.15. The maximum atomic E-state index is 12.7. The highest BCUT2D eigenvalue weighted by molar-refractivity contribution is 7.89. The zero-order valence-electron chi connectivity index (χ0n) is 12.5. The molecule has 0 amide bonds. The van der Waals surface area contributed by atoms with Gasteiger partial charge in [-0.05, 0) is 25.1 Å². The lowest BCUT2D eigenvalue weighted by molar-refractivity contribution is 0.384. The first-order chi connectivity index (χ1) is 11.0. The average Bonchev–Trinajstić information content (AvgIpc) is 3.01. The predicted molar refractivity (Wildman–Crippen MR) is 86.8 cm³/mol. The first-order valence-electron chi connectivity index (χ1n) is 7.06. The number of aromatic nitrogens is 2. The van der Waals surface area contributed by atoms with Gasteiger partial charge in [-0.25, -0.2) is 13.4 Å². The van der Waals surface area contributed by atoms with E-state index < -0.39 is 10.0 Å². The summed E-state index contributed by atoms with van der Waals surface area (Å²) in [6, 6.07) is 8.09. The van der Waals surface area contributed by atoms with Gasteiger partial charge in [-0.15, -0.1) is 0 Å². The molecule has 0 spiro atoms. The number of hydrogen-bond acceptors (Lipinski definition) is 7. The Morgan fingerprint density at radius 2 is 2.00 bits per heavy atom. The lowest BCUT2D eigenvalue weighted by atomic mass is 10.2. The lowest BCUT2D eigenvalue weighted by Gasteiger charge is -2.33. The van der Waals surface area contributed by atoms with E-state index in [4.69, 9.17) is 5.26 Å². The molecular formula is C14H15N5O2S2. The van der Waals surface area contributed by atoms with E-state index in [9.17, 15) is 8.42 Å². The number of nitriles is 1. The quantitative estimate of drug-likeness (QED) is 0.828. The van der Waals surface area contributed by atoms with Crippen molar-refractivity contribution in [1.82, 2.24) is 13.7 Å². The van der Waals surface area contributed by atoms with Gasteiger partial charge in [0.25, 0.3) is 0 Å². The van der Waals surface area contributed by atoms with Crippen molar-refractivity contribution in [2.24, 2.45) is 0 Å². The van der Waals surface area contributed by atoms with Crippen LogP contribution in [-0.2, 0) is 10.0 Å². The van der Waals surface area contributed by atoms with Crippen molar-refractivity contribution in [3.05, 3.63) is 35.7 Å². The molecule has 0 bridgehead atoms. The lowest BCUT2D eigenvalue weighted by Crippen LogP contribution is -2.48. The van der Waals surface area contributed by atoms with Crippen LogP contribution >= 0.6 is 11.5 Å². The molecule has 0 atom stereocenters. The van der Waals surface area contributed by atoms with Crippen LogP contribution in [0.4, 0.5) is 5.13 Å². The van der Waals surface area contributed by atoms with Gasteiger partial charge in [0, 0.05) is 37.7 Å². The maximum absolute atomic E-state index is 12.7.